The molecule has 0 aromatic heterocycles. The Balaban J connectivity index is 2.87. The Kier molecular flexibility index (Phi) is 4.76. The molecule has 88 valence electrons. The third kappa shape index (κ3) is 3.53. The molecular weight excluding hydrogens is 208 g/mol. The largest absolute Gasteiger partial charge is 0.466 e. The number of carbonyl (C=O) groups excluding carboxylic acids is 2. The van der Waals surface area contributed by atoms with Gasteiger partial charge in [-0.25, -0.2) is 9.59 Å². The molecule has 0 amide bonds. The summed E-state index contributed by atoms with van der Waals surface area (Å²) < 4.78 is 9.15. The standard InChI is InChI=1S/C12H16O4/c1-15-11(13)7-9-5-3-4-6-10(9)8-12(14)16-2/h7-8H,3-6H2,1-2H3/b9-7+,10-8+. The van der Waals surface area contributed by atoms with Gasteiger partial charge in [0.1, 0.15) is 0 Å². The fourth-order valence-corrected chi connectivity index (χ4v) is 1.68. The Morgan fingerprint density at radius 2 is 1.31 bits per heavy atom. The Hall–Kier alpha value is -1.58. The first-order chi connectivity index (χ1) is 7.67. The molecule has 0 aromatic rings. The number of ether oxygens (including phenoxy) is 2. The van der Waals surface area contributed by atoms with Crippen molar-refractivity contribution in [2.75, 3.05) is 14.2 Å². The van der Waals surface area contributed by atoms with Gasteiger partial charge < -0.3 is 9.47 Å². The van der Waals surface area contributed by atoms with Gasteiger partial charge in [-0.1, -0.05) is 0 Å². The molecule has 0 radical (unpaired) electrons. The first-order valence-corrected chi connectivity index (χ1v) is 5.24. The van der Waals surface area contributed by atoms with Crippen LogP contribution >= 0.6 is 0 Å². The third-order valence-corrected chi connectivity index (χ3v) is 2.54. The van der Waals surface area contributed by atoms with Gasteiger partial charge in [0.05, 0.1) is 14.2 Å². The lowest BCUT2D eigenvalue weighted by molar-refractivity contribution is -0.135. The molecule has 1 saturated carbocycles. The summed E-state index contributed by atoms with van der Waals surface area (Å²) in [5, 5.41) is 0. The smallest absolute Gasteiger partial charge is 0.330 e. The Bertz CT molecular complexity index is 305. The van der Waals surface area contributed by atoms with Crippen LogP contribution < -0.4 is 0 Å². The summed E-state index contributed by atoms with van der Waals surface area (Å²) in [5.74, 6) is -0.764. The zero-order valence-corrected chi connectivity index (χ0v) is 9.62. The van der Waals surface area contributed by atoms with Gasteiger partial charge in [0.25, 0.3) is 0 Å². The molecule has 0 aliphatic heterocycles. The summed E-state index contributed by atoms with van der Waals surface area (Å²) in [5.41, 5.74) is 1.76. The average molecular weight is 224 g/mol. The van der Waals surface area contributed by atoms with Gasteiger partial charge in [-0.2, -0.15) is 0 Å². The van der Waals surface area contributed by atoms with E-state index in [0.717, 1.165) is 36.8 Å². The zero-order valence-electron chi connectivity index (χ0n) is 9.62. The second-order valence-electron chi connectivity index (χ2n) is 3.59. The van der Waals surface area contributed by atoms with Crippen LogP contribution in [0.4, 0.5) is 0 Å². The van der Waals surface area contributed by atoms with Crippen LogP contribution in [0.25, 0.3) is 0 Å². The first kappa shape index (κ1) is 12.5. The quantitative estimate of drug-likeness (QED) is 0.529. The summed E-state index contributed by atoms with van der Waals surface area (Å²) in [6, 6.07) is 0. The normalized spacial score (nSPS) is 20.9. The van der Waals surface area contributed by atoms with Gasteiger partial charge in [-0.05, 0) is 36.8 Å². The minimum atomic E-state index is -0.382. The molecular formula is C12H16O4. The average Bonchev–Trinajstić information content (AvgIpc) is 2.31. The monoisotopic (exact) mass is 224 g/mol. The van der Waals surface area contributed by atoms with E-state index in [4.69, 9.17) is 0 Å². The van der Waals surface area contributed by atoms with Gasteiger partial charge in [0, 0.05) is 12.2 Å². The maximum atomic E-state index is 11.1. The Morgan fingerprint density at radius 3 is 1.62 bits per heavy atom. The summed E-state index contributed by atoms with van der Waals surface area (Å²) in [6.07, 6.45) is 6.57. The molecule has 0 bridgehead atoms. The van der Waals surface area contributed by atoms with Crippen molar-refractivity contribution in [2.45, 2.75) is 25.7 Å². The maximum Gasteiger partial charge on any atom is 0.330 e. The molecule has 0 N–H and O–H groups in total. The molecule has 1 aliphatic rings. The van der Waals surface area contributed by atoms with Crippen LogP contribution in [0.1, 0.15) is 25.7 Å². The van der Waals surface area contributed by atoms with E-state index in [1.165, 1.54) is 26.4 Å². The van der Waals surface area contributed by atoms with Crippen LogP contribution in [0.2, 0.25) is 0 Å². The number of hydrogen-bond donors (Lipinski definition) is 0. The molecule has 16 heavy (non-hydrogen) atoms. The molecule has 0 spiro atoms. The number of hydrogen-bond acceptors (Lipinski definition) is 4. The van der Waals surface area contributed by atoms with Crippen LogP contribution in [-0.4, -0.2) is 26.2 Å². The highest BCUT2D eigenvalue weighted by molar-refractivity contribution is 5.86. The lowest BCUT2D eigenvalue weighted by atomic mass is 9.89. The van der Waals surface area contributed by atoms with E-state index in [-0.39, 0.29) is 11.9 Å². The highest BCUT2D eigenvalue weighted by Crippen LogP contribution is 2.28. The Labute approximate surface area is 94.9 Å². The van der Waals surface area contributed by atoms with Crippen molar-refractivity contribution in [3.05, 3.63) is 23.3 Å². The van der Waals surface area contributed by atoms with Crippen molar-refractivity contribution in [3.63, 3.8) is 0 Å². The van der Waals surface area contributed by atoms with E-state index < -0.39 is 0 Å². The molecule has 1 aliphatic carbocycles. The van der Waals surface area contributed by atoms with Crippen LogP contribution in [0, 0.1) is 0 Å². The van der Waals surface area contributed by atoms with Crippen molar-refractivity contribution in [1.82, 2.24) is 0 Å². The van der Waals surface area contributed by atoms with E-state index in [2.05, 4.69) is 9.47 Å². The number of carbonyl (C=O) groups is 2. The van der Waals surface area contributed by atoms with Crippen LogP contribution in [0.15, 0.2) is 23.3 Å². The van der Waals surface area contributed by atoms with Gasteiger partial charge >= 0.3 is 11.9 Å². The topological polar surface area (TPSA) is 52.6 Å². The van der Waals surface area contributed by atoms with Crippen LogP contribution in [0.3, 0.4) is 0 Å². The van der Waals surface area contributed by atoms with E-state index in [0.29, 0.717) is 0 Å². The molecule has 0 heterocycles. The summed E-state index contributed by atoms with van der Waals surface area (Å²) >= 11 is 0. The van der Waals surface area contributed by atoms with Gasteiger partial charge in [0.15, 0.2) is 0 Å². The molecule has 4 heteroatoms. The Morgan fingerprint density at radius 1 is 0.938 bits per heavy atom. The van der Waals surface area contributed by atoms with Gasteiger partial charge in [-0.3, -0.25) is 0 Å². The fourth-order valence-electron chi connectivity index (χ4n) is 1.68. The second kappa shape index (κ2) is 6.10. The van der Waals surface area contributed by atoms with Gasteiger partial charge in [-0.15, -0.1) is 0 Å². The van der Waals surface area contributed by atoms with Crippen molar-refractivity contribution < 1.29 is 19.1 Å². The molecule has 0 saturated heterocycles. The number of methoxy groups -OCH3 is 2. The molecule has 0 aromatic carbocycles. The lowest BCUT2D eigenvalue weighted by Crippen LogP contribution is -2.06. The van der Waals surface area contributed by atoms with Crippen LogP contribution in [0.5, 0.6) is 0 Å². The molecule has 0 atom stereocenters. The predicted molar refractivity (Wildman–Crippen MR) is 58.7 cm³/mol. The first-order valence-electron chi connectivity index (χ1n) is 5.24. The molecule has 1 rings (SSSR count). The highest BCUT2D eigenvalue weighted by atomic mass is 16.5. The minimum absolute atomic E-state index is 0.382. The van der Waals surface area contributed by atoms with E-state index in [9.17, 15) is 9.59 Å². The van der Waals surface area contributed by atoms with Gasteiger partial charge in [0.2, 0.25) is 0 Å². The second-order valence-corrected chi connectivity index (χ2v) is 3.59. The number of esters is 2. The summed E-state index contributed by atoms with van der Waals surface area (Å²) in [7, 11) is 2.68. The SMILES string of the molecule is COC(=O)/C=C1\CCCC\C1=C/C(=O)OC. The zero-order chi connectivity index (χ0) is 12.0. The lowest BCUT2D eigenvalue weighted by Gasteiger charge is -2.17. The van der Waals surface area contributed by atoms with E-state index >= 15 is 0 Å². The number of rotatable bonds is 2. The van der Waals surface area contributed by atoms with Crippen molar-refractivity contribution >= 4 is 11.9 Å². The predicted octanol–water partition coefficient (Wildman–Crippen LogP) is 1.76. The maximum absolute atomic E-state index is 11.1. The van der Waals surface area contributed by atoms with Crippen molar-refractivity contribution in [2.24, 2.45) is 0 Å². The molecule has 1 fully saturated rings. The van der Waals surface area contributed by atoms with Crippen molar-refractivity contribution in [1.29, 1.82) is 0 Å². The summed E-state index contributed by atoms with van der Waals surface area (Å²) in [4.78, 5) is 22.3. The highest BCUT2D eigenvalue weighted by Gasteiger charge is 2.14. The van der Waals surface area contributed by atoms with Crippen molar-refractivity contribution in [3.8, 4) is 0 Å². The molecule has 0 unspecified atom stereocenters. The van der Waals surface area contributed by atoms with E-state index in [1.54, 1.807) is 0 Å². The number of allylic oxidation sites excluding steroid dienone is 2. The van der Waals surface area contributed by atoms with Crippen LogP contribution in [-0.2, 0) is 19.1 Å². The fraction of sp³-hybridized carbons (Fsp3) is 0.500. The summed E-state index contributed by atoms with van der Waals surface area (Å²) in [6.45, 7) is 0. The molecule has 4 nitrogen and oxygen atoms in total. The van der Waals surface area contributed by atoms with E-state index in [1.807, 2.05) is 0 Å². The minimum Gasteiger partial charge on any atom is -0.466 e. The third-order valence-electron chi connectivity index (χ3n) is 2.54.